The third-order valence-corrected chi connectivity index (χ3v) is 1.11. The lowest BCUT2D eigenvalue weighted by molar-refractivity contribution is 0.577. The Hall–Kier alpha value is -1.36. The smallest absolute Gasteiger partial charge is 0.141 e. The molecule has 50 valence electrons. The molecular weight excluding hydrogens is 134 g/mol. The summed E-state index contributed by atoms with van der Waals surface area (Å²) in [6, 6.07) is 3.52. The minimum absolute atomic E-state index is 0.303. The zero-order valence-corrected chi connectivity index (χ0v) is 5.07. The van der Waals surface area contributed by atoms with E-state index in [2.05, 4.69) is 0 Å². The highest BCUT2D eigenvalue weighted by molar-refractivity contribution is 5.34. The van der Waals surface area contributed by atoms with Crippen LogP contribution in [-0.4, -0.2) is 0 Å². The van der Waals surface area contributed by atoms with Gasteiger partial charge in [-0.25, -0.2) is 8.78 Å². The number of halogens is 2. The van der Waals surface area contributed by atoms with Gasteiger partial charge in [0.1, 0.15) is 11.6 Å². The summed E-state index contributed by atoms with van der Waals surface area (Å²) in [7, 11) is 0. The van der Waals surface area contributed by atoms with Crippen LogP contribution in [0.4, 0.5) is 8.78 Å². The molecule has 1 aromatic rings. The van der Waals surface area contributed by atoms with Gasteiger partial charge >= 0.3 is 0 Å². The molecule has 10 heavy (non-hydrogen) atoms. The van der Waals surface area contributed by atoms with Gasteiger partial charge in [-0.05, 0) is 12.1 Å². The largest absolute Gasteiger partial charge is 0.206 e. The highest BCUT2D eigenvalue weighted by atomic mass is 19.1. The monoisotopic (exact) mass is 138 g/mol. The number of terminal acetylenes is 1. The first-order valence-electron chi connectivity index (χ1n) is 2.66. The zero-order valence-electron chi connectivity index (χ0n) is 5.07. The van der Waals surface area contributed by atoms with Gasteiger partial charge in [-0.1, -0.05) is 12.0 Å². The van der Waals surface area contributed by atoms with Crippen molar-refractivity contribution >= 4 is 0 Å². The number of hydrogen-bond acceptors (Lipinski definition) is 0. The molecule has 0 saturated heterocycles. The zero-order chi connectivity index (χ0) is 7.56. The van der Waals surface area contributed by atoms with Gasteiger partial charge < -0.3 is 0 Å². The molecule has 0 saturated carbocycles. The molecule has 0 heterocycles. The fourth-order valence-electron chi connectivity index (χ4n) is 0.636. The van der Waals surface area contributed by atoms with Crippen LogP contribution < -0.4 is 0 Å². The third kappa shape index (κ3) is 0.985. The summed E-state index contributed by atoms with van der Waals surface area (Å²) in [4.78, 5) is 0. The van der Waals surface area contributed by atoms with Crippen LogP contribution in [0.5, 0.6) is 0 Å². The second kappa shape index (κ2) is 2.49. The fraction of sp³-hybridized carbons (Fsp3) is 0. The average Bonchev–Trinajstić information content (AvgIpc) is 1.88. The van der Waals surface area contributed by atoms with E-state index in [0.717, 1.165) is 12.1 Å². The lowest BCUT2D eigenvalue weighted by Gasteiger charge is -1.93. The molecule has 0 fully saturated rings. The second-order valence-corrected chi connectivity index (χ2v) is 1.74. The van der Waals surface area contributed by atoms with Crippen molar-refractivity contribution in [3.63, 3.8) is 0 Å². The highest BCUT2D eigenvalue weighted by Gasteiger charge is 2.02. The maximum Gasteiger partial charge on any atom is 0.141 e. The van der Waals surface area contributed by atoms with Gasteiger partial charge in [-0.15, -0.1) is 6.42 Å². The van der Waals surface area contributed by atoms with Crippen molar-refractivity contribution in [3.05, 3.63) is 35.4 Å². The molecule has 0 N–H and O–H groups in total. The molecule has 0 aromatic heterocycles. The summed E-state index contributed by atoms with van der Waals surface area (Å²) < 4.78 is 24.9. The Morgan fingerprint density at radius 2 is 1.70 bits per heavy atom. The van der Waals surface area contributed by atoms with Gasteiger partial charge in [0.05, 0.1) is 5.56 Å². The van der Waals surface area contributed by atoms with E-state index in [1.54, 1.807) is 0 Å². The van der Waals surface area contributed by atoms with Crippen molar-refractivity contribution in [2.24, 2.45) is 0 Å². The standard InChI is InChI=1S/C8H4F2/c1-2-6-7(9)4-3-5-8(6)10/h1,3-5H. The average molecular weight is 138 g/mol. The molecule has 0 aliphatic heterocycles. The predicted molar refractivity (Wildman–Crippen MR) is 34.3 cm³/mol. The molecule has 0 atom stereocenters. The van der Waals surface area contributed by atoms with E-state index in [4.69, 9.17) is 6.42 Å². The van der Waals surface area contributed by atoms with Crippen LogP contribution in [-0.2, 0) is 0 Å². The van der Waals surface area contributed by atoms with Gasteiger partial charge in [0.25, 0.3) is 0 Å². The Balaban J connectivity index is 3.34. The molecule has 0 aliphatic rings. The topological polar surface area (TPSA) is 0 Å². The summed E-state index contributed by atoms with van der Waals surface area (Å²) >= 11 is 0. The van der Waals surface area contributed by atoms with Crippen LogP contribution in [0.3, 0.4) is 0 Å². The maximum atomic E-state index is 12.5. The Morgan fingerprint density at radius 3 is 2.00 bits per heavy atom. The van der Waals surface area contributed by atoms with E-state index in [1.807, 2.05) is 5.92 Å². The van der Waals surface area contributed by atoms with Gasteiger partial charge in [0.15, 0.2) is 0 Å². The van der Waals surface area contributed by atoms with Crippen molar-refractivity contribution < 1.29 is 8.78 Å². The summed E-state index contributed by atoms with van der Waals surface area (Å²) in [6.45, 7) is 0. The summed E-state index contributed by atoms with van der Waals surface area (Å²) in [6.07, 6.45) is 4.82. The SMILES string of the molecule is C#Cc1c(F)cccc1F. The fourth-order valence-corrected chi connectivity index (χ4v) is 0.636. The normalized spacial score (nSPS) is 8.90. The van der Waals surface area contributed by atoms with Crippen molar-refractivity contribution in [2.45, 2.75) is 0 Å². The van der Waals surface area contributed by atoms with E-state index in [0.29, 0.717) is 0 Å². The summed E-state index contributed by atoms with van der Waals surface area (Å²) in [5.74, 6) is 0.529. The van der Waals surface area contributed by atoms with Crippen molar-refractivity contribution in [1.82, 2.24) is 0 Å². The van der Waals surface area contributed by atoms with E-state index in [1.165, 1.54) is 6.07 Å². The Labute approximate surface area is 57.5 Å². The van der Waals surface area contributed by atoms with Crippen LogP contribution >= 0.6 is 0 Å². The van der Waals surface area contributed by atoms with E-state index >= 15 is 0 Å². The van der Waals surface area contributed by atoms with E-state index in [9.17, 15) is 8.78 Å². The Morgan fingerprint density at radius 1 is 1.20 bits per heavy atom. The quantitative estimate of drug-likeness (QED) is 0.480. The third-order valence-electron chi connectivity index (χ3n) is 1.11. The minimum atomic E-state index is -0.692. The first-order chi connectivity index (χ1) is 4.75. The van der Waals surface area contributed by atoms with E-state index < -0.39 is 11.6 Å². The predicted octanol–water partition coefficient (Wildman–Crippen LogP) is 1.95. The van der Waals surface area contributed by atoms with Gasteiger partial charge in [-0.3, -0.25) is 0 Å². The van der Waals surface area contributed by atoms with Gasteiger partial charge in [-0.2, -0.15) is 0 Å². The minimum Gasteiger partial charge on any atom is -0.206 e. The molecule has 0 aliphatic carbocycles. The molecule has 0 bridgehead atoms. The first kappa shape index (κ1) is 6.76. The summed E-state index contributed by atoms with van der Waals surface area (Å²) in [5.41, 5.74) is -0.303. The van der Waals surface area contributed by atoms with Gasteiger partial charge in [0, 0.05) is 0 Å². The molecule has 0 unspecified atom stereocenters. The van der Waals surface area contributed by atoms with Crippen LogP contribution in [0, 0.1) is 24.0 Å². The Bertz CT molecular complexity index is 264. The molecule has 1 rings (SSSR count). The van der Waals surface area contributed by atoms with Crippen LogP contribution in [0.2, 0.25) is 0 Å². The number of rotatable bonds is 0. The second-order valence-electron chi connectivity index (χ2n) is 1.74. The van der Waals surface area contributed by atoms with Crippen LogP contribution in [0.25, 0.3) is 0 Å². The molecule has 0 radical (unpaired) electrons. The van der Waals surface area contributed by atoms with Crippen molar-refractivity contribution in [1.29, 1.82) is 0 Å². The van der Waals surface area contributed by atoms with E-state index in [-0.39, 0.29) is 5.56 Å². The lowest BCUT2D eigenvalue weighted by Crippen LogP contribution is -1.87. The molecule has 0 spiro atoms. The molecular formula is C8H4F2. The Kier molecular flexibility index (Phi) is 1.68. The maximum absolute atomic E-state index is 12.5. The van der Waals surface area contributed by atoms with Crippen LogP contribution in [0.15, 0.2) is 18.2 Å². The number of benzene rings is 1. The molecule has 0 amide bonds. The lowest BCUT2D eigenvalue weighted by atomic mass is 10.2. The van der Waals surface area contributed by atoms with Crippen molar-refractivity contribution in [3.8, 4) is 12.3 Å². The molecule has 0 nitrogen and oxygen atoms in total. The molecule has 2 heteroatoms. The van der Waals surface area contributed by atoms with Gasteiger partial charge in [0.2, 0.25) is 0 Å². The highest BCUT2D eigenvalue weighted by Crippen LogP contribution is 2.09. The van der Waals surface area contributed by atoms with Crippen molar-refractivity contribution in [2.75, 3.05) is 0 Å². The summed E-state index contributed by atoms with van der Waals surface area (Å²) in [5, 5.41) is 0. The molecule has 1 aromatic carbocycles. The number of hydrogen-bond donors (Lipinski definition) is 0. The first-order valence-corrected chi connectivity index (χ1v) is 2.66. The van der Waals surface area contributed by atoms with Crippen LogP contribution in [0.1, 0.15) is 5.56 Å².